The van der Waals surface area contributed by atoms with Crippen LogP contribution in [0.5, 0.6) is 0 Å². The molecule has 3 aromatic rings. The van der Waals surface area contributed by atoms with Gasteiger partial charge in [-0.25, -0.2) is 27.6 Å². The number of rotatable bonds is 13. The predicted molar refractivity (Wildman–Crippen MR) is 186 cm³/mol. The van der Waals surface area contributed by atoms with Crippen LogP contribution in [0.25, 0.3) is 11.1 Å². The van der Waals surface area contributed by atoms with Crippen molar-refractivity contribution in [2.24, 2.45) is 15.5 Å². The number of benzene rings is 2. The molecular weight excluding hydrogens is 713 g/mol. The Labute approximate surface area is 300 Å². The second-order valence-corrected chi connectivity index (χ2v) is 14.0. The molecule has 278 valence electrons. The van der Waals surface area contributed by atoms with Gasteiger partial charge in [-0.1, -0.05) is 62.7 Å². The quantitative estimate of drug-likeness (QED) is 0.0626. The van der Waals surface area contributed by atoms with Crippen molar-refractivity contribution in [2.75, 3.05) is 12.0 Å². The first-order valence-electron chi connectivity index (χ1n) is 16.1. The highest BCUT2D eigenvalue weighted by Gasteiger charge is 2.54. The van der Waals surface area contributed by atoms with E-state index in [4.69, 9.17) is 21.7 Å². The Morgan fingerprint density at radius 3 is 2.48 bits per heavy atom. The third-order valence-electron chi connectivity index (χ3n) is 8.36. The van der Waals surface area contributed by atoms with E-state index in [1.165, 1.54) is 24.5 Å². The highest BCUT2D eigenvalue weighted by atomic mass is 35.5. The fourth-order valence-electron chi connectivity index (χ4n) is 5.77. The number of alkyl carbamates (subject to hydrolysis) is 1. The number of carbonyl (C=O) groups excluding carboxylic acids is 2. The van der Waals surface area contributed by atoms with Gasteiger partial charge in [-0.15, -0.1) is 0 Å². The van der Waals surface area contributed by atoms with Crippen LogP contribution < -0.4 is 16.1 Å². The Morgan fingerprint density at radius 2 is 1.88 bits per heavy atom. The van der Waals surface area contributed by atoms with Gasteiger partial charge in [0.05, 0.1) is 34.7 Å². The van der Waals surface area contributed by atoms with Crippen LogP contribution in [0.2, 0.25) is 5.02 Å². The van der Waals surface area contributed by atoms with Gasteiger partial charge in [-0.2, -0.15) is 19.0 Å². The number of nitrogens with zero attached hydrogens (tertiary/aromatic N) is 5. The van der Waals surface area contributed by atoms with Gasteiger partial charge in [0.1, 0.15) is 24.7 Å². The third kappa shape index (κ3) is 8.69. The number of amides is 2. The fraction of sp³-hybridized carbons (Fsp3) is 0.412. The molecule has 52 heavy (non-hydrogen) atoms. The number of ether oxygens (including phenoxy) is 1. The molecule has 1 aliphatic carbocycles. The Hall–Kier alpha value is -5.06. The number of nitrogens with one attached hydrogen (secondary N) is 4. The SMILES string of the molecule is C/C(=N\C=N/Nc1cc([C@@H](COC(=O)N[C@H]2C[C@@H]2F)N2C(=N)N[C@](CC(C)(C)C)(c3ccc(-c4cnn(C(F)F)c4)cc3)C2=O)ccc1Cl)C(F)F. The molecule has 1 aliphatic heterocycles. The molecule has 2 aromatic carbocycles. The average molecular weight is 750 g/mol. The molecule has 0 bridgehead atoms. The largest absolute Gasteiger partial charge is 0.447 e. The maximum absolute atomic E-state index is 14.8. The first kappa shape index (κ1) is 38.2. The number of hydrazone groups is 1. The maximum atomic E-state index is 14.8. The van der Waals surface area contributed by atoms with Gasteiger partial charge in [0.15, 0.2) is 5.96 Å². The van der Waals surface area contributed by atoms with Crippen molar-refractivity contribution in [2.45, 2.75) is 77.3 Å². The van der Waals surface area contributed by atoms with E-state index in [2.05, 4.69) is 31.3 Å². The van der Waals surface area contributed by atoms with E-state index in [1.54, 1.807) is 30.3 Å². The lowest BCUT2D eigenvalue weighted by molar-refractivity contribution is -0.134. The fourth-order valence-corrected chi connectivity index (χ4v) is 5.93. The van der Waals surface area contributed by atoms with E-state index >= 15 is 0 Å². The van der Waals surface area contributed by atoms with E-state index in [1.807, 2.05) is 20.8 Å². The number of carbonyl (C=O) groups is 2. The molecule has 2 heterocycles. The van der Waals surface area contributed by atoms with Crippen LogP contribution in [-0.2, 0) is 15.1 Å². The lowest BCUT2D eigenvalue weighted by Crippen LogP contribution is -2.47. The Morgan fingerprint density at radius 1 is 1.19 bits per heavy atom. The van der Waals surface area contributed by atoms with Crippen molar-refractivity contribution in [3.8, 4) is 11.1 Å². The molecule has 2 aliphatic rings. The van der Waals surface area contributed by atoms with Gasteiger partial charge in [0.2, 0.25) is 0 Å². The summed E-state index contributed by atoms with van der Waals surface area (Å²) < 4.78 is 71.4. The predicted octanol–water partition coefficient (Wildman–Crippen LogP) is 7.26. The molecule has 4 N–H and O–H groups in total. The summed E-state index contributed by atoms with van der Waals surface area (Å²) in [6, 6.07) is 9.38. The van der Waals surface area contributed by atoms with Crippen LogP contribution >= 0.6 is 11.6 Å². The van der Waals surface area contributed by atoms with E-state index < -0.39 is 66.5 Å². The summed E-state index contributed by atoms with van der Waals surface area (Å²) in [6.45, 7) is 3.63. The van der Waals surface area contributed by atoms with Gasteiger partial charge in [0, 0.05) is 18.2 Å². The minimum Gasteiger partial charge on any atom is -0.447 e. The topological polar surface area (TPSA) is 149 Å². The van der Waals surface area contributed by atoms with Gasteiger partial charge < -0.3 is 15.4 Å². The number of aliphatic imine (C=N–C) groups is 1. The van der Waals surface area contributed by atoms with Crippen molar-refractivity contribution in [3.63, 3.8) is 0 Å². The molecule has 18 heteroatoms. The zero-order chi connectivity index (χ0) is 38.0. The molecule has 1 saturated heterocycles. The van der Waals surface area contributed by atoms with Crippen molar-refractivity contribution in [1.82, 2.24) is 25.3 Å². The van der Waals surface area contributed by atoms with Crippen LogP contribution in [0.3, 0.4) is 0 Å². The lowest BCUT2D eigenvalue weighted by Gasteiger charge is -2.35. The number of hydrogen-bond donors (Lipinski definition) is 4. The number of guanidine groups is 1. The normalized spacial score (nSPS) is 21.2. The summed E-state index contributed by atoms with van der Waals surface area (Å²) in [5, 5.41) is 22.2. The van der Waals surface area contributed by atoms with Crippen LogP contribution in [0.15, 0.2) is 65.0 Å². The molecule has 0 unspecified atom stereocenters. The number of anilines is 1. The zero-order valence-electron chi connectivity index (χ0n) is 28.5. The van der Waals surface area contributed by atoms with Crippen molar-refractivity contribution in [1.29, 1.82) is 5.41 Å². The molecule has 0 spiro atoms. The average Bonchev–Trinajstić information content (AvgIpc) is 3.44. The lowest BCUT2D eigenvalue weighted by atomic mass is 9.75. The molecule has 2 amide bonds. The first-order valence-corrected chi connectivity index (χ1v) is 16.5. The van der Waals surface area contributed by atoms with Crippen LogP contribution in [-0.4, -0.2) is 69.9 Å². The number of hydrogen-bond acceptors (Lipinski definition) is 7. The summed E-state index contributed by atoms with van der Waals surface area (Å²) >= 11 is 6.39. The number of alkyl halides is 5. The molecule has 1 aromatic heterocycles. The van der Waals surface area contributed by atoms with E-state index in [0.29, 0.717) is 26.9 Å². The Bertz CT molecular complexity index is 1870. The van der Waals surface area contributed by atoms with Crippen molar-refractivity contribution in [3.05, 3.63) is 71.0 Å². The molecule has 12 nitrogen and oxygen atoms in total. The summed E-state index contributed by atoms with van der Waals surface area (Å²) in [5.74, 6) is -0.860. The van der Waals surface area contributed by atoms with Gasteiger partial charge in [0.25, 0.3) is 12.3 Å². The number of aromatic nitrogens is 2. The second-order valence-electron chi connectivity index (χ2n) is 13.6. The maximum Gasteiger partial charge on any atom is 0.407 e. The minimum absolute atomic E-state index is 0.147. The van der Waals surface area contributed by atoms with E-state index in [-0.39, 0.29) is 29.5 Å². The standard InChI is InChI=1S/C34H37ClF5N9O3/c1-18(28(37)38)42-17-43-47-25-11-20(7-10-23(25)35)27(15-52-32(51)45-26-12-24(26)36)49-29(50)34(46-31(49)41,16-33(2,3)4)22-8-5-19(6-9-22)21-13-44-48(14-21)30(39)40/h5-11,13-14,17,24,26-28,30,47H,12,15-16H2,1-4H3,(H2,41,46)(H,45,51)/b42-18+,43-17-/t24-,26-,27+,34+/m0/s1. The molecule has 5 rings (SSSR count). The van der Waals surface area contributed by atoms with Crippen molar-refractivity contribution < 1.29 is 36.3 Å². The molecule has 1 saturated carbocycles. The van der Waals surface area contributed by atoms with Crippen LogP contribution in [0, 0.1) is 10.8 Å². The first-order chi connectivity index (χ1) is 24.5. The second kappa shape index (κ2) is 15.3. The molecule has 2 fully saturated rings. The highest BCUT2D eigenvalue weighted by molar-refractivity contribution is 6.33. The minimum atomic E-state index is -2.81. The summed E-state index contributed by atoms with van der Waals surface area (Å²) in [4.78, 5) is 32.1. The molecule has 4 atom stereocenters. The Balaban J connectivity index is 1.50. The summed E-state index contributed by atoms with van der Waals surface area (Å²) in [7, 11) is 0. The van der Waals surface area contributed by atoms with E-state index in [0.717, 1.165) is 18.2 Å². The Kier molecular flexibility index (Phi) is 11.2. The number of halogens is 6. The summed E-state index contributed by atoms with van der Waals surface area (Å²) in [6.07, 6.45) is -1.14. The van der Waals surface area contributed by atoms with Gasteiger partial charge in [-0.3, -0.25) is 20.5 Å². The van der Waals surface area contributed by atoms with Gasteiger partial charge >= 0.3 is 12.6 Å². The summed E-state index contributed by atoms with van der Waals surface area (Å²) in [5.41, 5.74) is 2.22. The van der Waals surface area contributed by atoms with Crippen LogP contribution in [0.4, 0.5) is 32.4 Å². The smallest absolute Gasteiger partial charge is 0.407 e. The van der Waals surface area contributed by atoms with E-state index in [9.17, 15) is 31.5 Å². The zero-order valence-corrected chi connectivity index (χ0v) is 29.3. The van der Waals surface area contributed by atoms with Gasteiger partial charge in [-0.05, 0) is 47.6 Å². The molecule has 0 radical (unpaired) electrons. The van der Waals surface area contributed by atoms with Crippen molar-refractivity contribution >= 4 is 47.3 Å². The highest BCUT2D eigenvalue weighted by Crippen LogP contribution is 2.43. The monoisotopic (exact) mass is 749 g/mol. The molecular formula is C34H37ClF5N9O3. The van der Waals surface area contributed by atoms with Crippen LogP contribution in [0.1, 0.15) is 64.3 Å². The third-order valence-corrected chi connectivity index (χ3v) is 8.69.